The van der Waals surface area contributed by atoms with E-state index in [1.807, 2.05) is 33.2 Å². The van der Waals surface area contributed by atoms with Crippen LogP contribution in [-0.2, 0) is 4.79 Å². The van der Waals surface area contributed by atoms with Crippen LogP contribution in [0.5, 0.6) is 11.5 Å². The Hall–Kier alpha value is -2.35. The van der Waals surface area contributed by atoms with Crippen molar-refractivity contribution in [3.63, 3.8) is 0 Å². The number of anilines is 1. The lowest BCUT2D eigenvalue weighted by Crippen LogP contribution is -2.36. The van der Waals surface area contributed by atoms with E-state index >= 15 is 0 Å². The lowest BCUT2D eigenvalue weighted by Gasteiger charge is -2.21. The number of thiazole rings is 1. The lowest BCUT2D eigenvalue weighted by atomic mass is 10.2. The number of aryl methyl sites for hydroxylation is 1. The highest BCUT2D eigenvalue weighted by molar-refractivity contribution is 7.23. The molecule has 0 bridgehead atoms. The van der Waals surface area contributed by atoms with E-state index in [2.05, 4.69) is 4.90 Å². The van der Waals surface area contributed by atoms with Crippen molar-refractivity contribution in [1.82, 2.24) is 9.88 Å². The van der Waals surface area contributed by atoms with Crippen LogP contribution in [0.4, 0.5) is 5.13 Å². The molecular formula is C22H26ClN3O3S. The van der Waals surface area contributed by atoms with Gasteiger partial charge >= 0.3 is 0 Å². The van der Waals surface area contributed by atoms with Crippen molar-refractivity contribution in [2.75, 3.05) is 45.8 Å². The molecule has 3 aromatic rings. The molecule has 0 fully saturated rings. The molecular weight excluding hydrogens is 422 g/mol. The van der Waals surface area contributed by atoms with Gasteiger partial charge in [-0.1, -0.05) is 29.0 Å². The Morgan fingerprint density at radius 2 is 1.80 bits per heavy atom. The summed E-state index contributed by atoms with van der Waals surface area (Å²) in [6, 6.07) is 11.0. The molecule has 1 heterocycles. The molecule has 1 aromatic heterocycles. The first-order valence-corrected chi connectivity index (χ1v) is 10.9. The van der Waals surface area contributed by atoms with Gasteiger partial charge in [0.15, 0.2) is 11.7 Å². The largest absolute Gasteiger partial charge is 0.497 e. The van der Waals surface area contributed by atoms with E-state index < -0.39 is 0 Å². The zero-order chi connectivity index (χ0) is 21.7. The van der Waals surface area contributed by atoms with E-state index in [-0.39, 0.29) is 12.5 Å². The average molecular weight is 448 g/mol. The Morgan fingerprint density at radius 3 is 2.43 bits per heavy atom. The summed E-state index contributed by atoms with van der Waals surface area (Å²) >= 11 is 7.80. The molecule has 160 valence electrons. The van der Waals surface area contributed by atoms with E-state index in [1.165, 1.54) is 11.3 Å². The average Bonchev–Trinajstić information content (AvgIpc) is 3.19. The quantitative estimate of drug-likeness (QED) is 0.478. The molecule has 0 aliphatic carbocycles. The van der Waals surface area contributed by atoms with Gasteiger partial charge in [0.2, 0.25) is 0 Å². The summed E-state index contributed by atoms with van der Waals surface area (Å²) in [6.07, 6.45) is 0.823. The fourth-order valence-electron chi connectivity index (χ4n) is 2.97. The third-order valence-electron chi connectivity index (χ3n) is 4.63. The predicted octanol–water partition coefficient (Wildman–Crippen LogP) is 4.63. The molecule has 0 unspecified atom stereocenters. The molecule has 0 atom stereocenters. The smallest absolute Gasteiger partial charge is 0.266 e. The van der Waals surface area contributed by atoms with Crippen molar-refractivity contribution in [3.05, 3.63) is 47.0 Å². The molecule has 0 saturated heterocycles. The number of benzene rings is 2. The number of halogens is 1. The Balaban J connectivity index is 1.79. The number of methoxy groups -OCH3 is 1. The van der Waals surface area contributed by atoms with Crippen molar-refractivity contribution in [2.24, 2.45) is 0 Å². The van der Waals surface area contributed by atoms with Crippen LogP contribution < -0.4 is 14.4 Å². The molecule has 0 aliphatic rings. The monoisotopic (exact) mass is 447 g/mol. The molecule has 0 saturated carbocycles. The summed E-state index contributed by atoms with van der Waals surface area (Å²) in [7, 11) is 5.64. The van der Waals surface area contributed by atoms with Crippen molar-refractivity contribution in [2.45, 2.75) is 13.3 Å². The van der Waals surface area contributed by atoms with Gasteiger partial charge < -0.3 is 14.4 Å². The van der Waals surface area contributed by atoms with Gasteiger partial charge in [0.05, 0.1) is 22.3 Å². The summed E-state index contributed by atoms with van der Waals surface area (Å²) in [5.74, 6) is 1.21. The molecule has 0 radical (unpaired) electrons. The van der Waals surface area contributed by atoms with Crippen LogP contribution in [-0.4, -0.2) is 56.7 Å². The molecule has 6 nitrogen and oxygen atoms in total. The number of hydrogen-bond donors (Lipinski definition) is 0. The van der Waals surface area contributed by atoms with Crippen LogP contribution in [0.15, 0.2) is 36.4 Å². The van der Waals surface area contributed by atoms with Crippen LogP contribution in [0.2, 0.25) is 5.02 Å². The summed E-state index contributed by atoms with van der Waals surface area (Å²) in [5.41, 5.74) is 1.87. The van der Waals surface area contributed by atoms with Gasteiger partial charge in [0.1, 0.15) is 11.5 Å². The first-order valence-electron chi connectivity index (χ1n) is 9.66. The van der Waals surface area contributed by atoms with E-state index in [4.69, 9.17) is 26.1 Å². The summed E-state index contributed by atoms with van der Waals surface area (Å²) in [6.45, 7) is 3.34. The van der Waals surface area contributed by atoms with Crippen LogP contribution in [0.1, 0.15) is 12.0 Å². The van der Waals surface area contributed by atoms with Crippen molar-refractivity contribution < 1.29 is 14.3 Å². The molecule has 1 amide bonds. The molecule has 2 aromatic carbocycles. The van der Waals surface area contributed by atoms with Crippen LogP contribution in [0.25, 0.3) is 10.2 Å². The van der Waals surface area contributed by atoms with Gasteiger partial charge in [0, 0.05) is 6.54 Å². The Bertz CT molecular complexity index is 966. The van der Waals surface area contributed by atoms with Gasteiger partial charge in [-0.05, 0) is 69.9 Å². The second-order valence-corrected chi connectivity index (χ2v) is 8.59. The lowest BCUT2D eigenvalue weighted by molar-refractivity contribution is -0.120. The number of ether oxygens (including phenoxy) is 2. The Labute approximate surface area is 186 Å². The first-order chi connectivity index (χ1) is 14.4. The highest BCUT2D eigenvalue weighted by atomic mass is 35.5. The van der Waals surface area contributed by atoms with E-state index in [9.17, 15) is 4.79 Å². The first kappa shape index (κ1) is 22.3. The zero-order valence-electron chi connectivity index (χ0n) is 17.6. The summed E-state index contributed by atoms with van der Waals surface area (Å²) < 4.78 is 11.8. The molecule has 0 aliphatic heterocycles. The van der Waals surface area contributed by atoms with E-state index in [0.29, 0.717) is 22.4 Å². The number of amides is 1. The molecule has 8 heteroatoms. The van der Waals surface area contributed by atoms with Gasteiger partial charge in [-0.25, -0.2) is 4.98 Å². The van der Waals surface area contributed by atoms with Crippen molar-refractivity contribution >= 4 is 44.2 Å². The van der Waals surface area contributed by atoms with Gasteiger partial charge in [-0.2, -0.15) is 0 Å². The standard InChI is InChI=1S/C22H26ClN3O3S/c1-15-6-11-18(23)21-20(15)24-22(30-21)26(13-5-12-25(2)3)19(27)14-29-17-9-7-16(28-4)8-10-17/h6-11H,5,12-14H2,1-4H3. The molecule has 0 spiro atoms. The Kier molecular flexibility index (Phi) is 7.53. The van der Waals surface area contributed by atoms with Gasteiger partial charge in [-0.15, -0.1) is 0 Å². The summed E-state index contributed by atoms with van der Waals surface area (Å²) in [5, 5.41) is 1.29. The number of nitrogens with zero attached hydrogens (tertiary/aromatic N) is 3. The van der Waals surface area contributed by atoms with Crippen LogP contribution in [0, 0.1) is 6.92 Å². The van der Waals surface area contributed by atoms with Gasteiger partial charge in [0.25, 0.3) is 5.91 Å². The summed E-state index contributed by atoms with van der Waals surface area (Å²) in [4.78, 5) is 21.6. The third-order valence-corrected chi connectivity index (χ3v) is 6.17. The minimum absolute atomic E-state index is 0.0725. The van der Waals surface area contributed by atoms with E-state index in [0.717, 1.165) is 34.5 Å². The number of carbonyl (C=O) groups is 1. The molecule has 0 N–H and O–H groups in total. The van der Waals surface area contributed by atoms with Crippen LogP contribution >= 0.6 is 22.9 Å². The number of carbonyl (C=O) groups excluding carboxylic acids is 1. The fraction of sp³-hybridized carbons (Fsp3) is 0.364. The molecule has 3 rings (SSSR count). The van der Waals surface area contributed by atoms with E-state index in [1.54, 1.807) is 36.3 Å². The van der Waals surface area contributed by atoms with Crippen molar-refractivity contribution in [3.8, 4) is 11.5 Å². The zero-order valence-corrected chi connectivity index (χ0v) is 19.2. The topological polar surface area (TPSA) is 54.9 Å². The second-order valence-electron chi connectivity index (χ2n) is 7.20. The SMILES string of the molecule is COc1ccc(OCC(=O)N(CCCN(C)C)c2nc3c(C)ccc(Cl)c3s2)cc1. The molecule has 30 heavy (non-hydrogen) atoms. The van der Waals surface area contributed by atoms with Crippen LogP contribution in [0.3, 0.4) is 0 Å². The minimum atomic E-state index is -0.141. The normalized spacial score (nSPS) is 11.1. The Morgan fingerprint density at radius 1 is 1.10 bits per heavy atom. The predicted molar refractivity (Wildman–Crippen MR) is 123 cm³/mol. The third kappa shape index (κ3) is 5.41. The maximum atomic E-state index is 13.1. The maximum absolute atomic E-state index is 13.1. The number of fused-ring (bicyclic) bond motifs is 1. The number of hydrogen-bond acceptors (Lipinski definition) is 6. The van der Waals surface area contributed by atoms with Gasteiger partial charge in [-0.3, -0.25) is 9.69 Å². The fourth-order valence-corrected chi connectivity index (χ4v) is 4.33. The number of aromatic nitrogens is 1. The maximum Gasteiger partial charge on any atom is 0.266 e. The van der Waals surface area contributed by atoms with Crippen molar-refractivity contribution in [1.29, 1.82) is 0 Å². The highest BCUT2D eigenvalue weighted by Gasteiger charge is 2.21. The number of rotatable bonds is 9. The second kappa shape index (κ2) is 10.1. The minimum Gasteiger partial charge on any atom is -0.497 e. The highest BCUT2D eigenvalue weighted by Crippen LogP contribution is 2.35.